The van der Waals surface area contributed by atoms with Crippen LogP contribution in [0.4, 0.5) is 4.79 Å². The van der Waals surface area contributed by atoms with Crippen LogP contribution in [0, 0.1) is 0 Å². The van der Waals surface area contributed by atoms with Crippen molar-refractivity contribution in [2.24, 2.45) is 0 Å². The molecule has 1 aliphatic heterocycles. The zero-order valence-corrected chi connectivity index (χ0v) is 10.6. The maximum atomic E-state index is 11.4. The monoisotopic (exact) mass is 282 g/mol. The average Bonchev–Trinajstić information content (AvgIpc) is 2.90. The Labute approximate surface area is 115 Å². The Bertz CT molecular complexity index is 459. The van der Waals surface area contributed by atoms with Gasteiger partial charge in [-0.1, -0.05) is 18.2 Å². The molecular weight excluding hydrogens is 268 g/mol. The van der Waals surface area contributed by atoms with E-state index in [0.717, 1.165) is 0 Å². The third-order valence-electron chi connectivity index (χ3n) is 2.46. The molecule has 0 bridgehead atoms. The predicted molar refractivity (Wildman–Crippen MR) is 65.1 cm³/mol. The largest absolute Gasteiger partial charge is 0.509 e. The fourth-order valence-electron chi connectivity index (χ4n) is 1.47. The molecule has 0 aromatic heterocycles. The summed E-state index contributed by atoms with van der Waals surface area (Å²) in [5, 5.41) is 9.61. The molecule has 7 nitrogen and oxygen atoms in total. The van der Waals surface area contributed by atoms with Gasteiger partial charge in [-0.25, -0.2) is 9.59 Å². The van der Waals surface area contributed by atoms with E-state index in [4.69, 9.17) is 9.47 Å². The van der Waals surface area contributed by atoms with E-state index in [1.807, 2.05) is 6.07 Å². The van der Waals surface area contributed by atoms with Gasteiger partial charge >= 0.3 is 12.1 Å². The smallest absolute Gasteiger partial charge is 0.491 e. The lowest BCUT2D eigenvalue weighted by atomic mass is 10.3. The molecule has 1 aromatic rings. The number of cyclic esters (lactones) is 2. The summed E-state index contributed by atoms with van der Waals surface area (Å²) in [4.78, 5) is 22.1. The number of carbonyl (C=O) groups excluding carboxylic acids is 2. The molecule has 0 aliphatic carbocycles. The molecule has 0 radical (unpaired) electrons. The number of rotatable bonds is 6. The zero-order chi connectivity index (χ0) is 14.4. The Morgan fingerprint density at radius 2 is 2.10 bits per heavy atom. The van der Waals surface area contributed by atoms with Gasteiger partial charge in [0, 0.05) is 0 Å². The van der Waals surface area contributed by atoms with Crippen LogP contribution in [0.15, 0.2) is 30.3 Å². The minimum Gasteiger partial charge on any atom is -0.491 e. The lowest BCUT2D eigenvalue weighted by Gasteiger charge is -2.13. The van der Waals surface area contributed by atoms with Gasteiger partial charge in [0.1, 0.15) is 31.7 Å². The first-order valence-electron chi connectivity index (χ1n) is 6.01. The molecule has 2 atom stereocenters. The summed E-state index contributed by atoms with van der Waals surface area (Å²) in [5.41, 5.74) is 0. The third kappa shape index (κ3) is 4.13. The third-order valence-corrected chi connectivity index (χ3v) is 2.46. The van der Waals surface area contributed by atoms with Crippen molar-refractivity contribution in [1.29, 1.82) is 0 Å². The first kappa shape index (κ1) is 14.1. The highest BCUT2D eigenvalue weighted by Crippen LogP contribution is 2.10. The van der Waals surface area contributed by atoms with Crippen LogP contribution in [-0.4, -0.2) is 49.3 Å². The molecule has 2 rings (SSSR count). The standard InChI is InChI=1S/C13H14O7/c14-9(6-17-10-4-2-1-3-5-10)7-18-12(15)11-8-19-13(16)20-11/h1-5,9,11,14H,6-8H2. The first-order valence-corrected chi connectivity index (χ1v) is 6.01. The summed E-state index contributed by atoms with van der Waals surface area (Å²) in [6.45, 7) is -0.438. The Kier molecular flexibility index (Phi) is 4.78. The molecule has 1 heterocycles. The van der Waals surface area contributed by atoms with E-state index in [1.54, 1.807) is 24.3 Å². The molecule has 7 heteroatoms. The van der Waals surface area contributed by atoms with Crippen LogP contribution in [0.2, 0.25) is 0 Å². The highest BCUT2D eigenvalue weighted by Gasteiger charge is 2.33. The SMILES string of the molecule is O=C1OCC(C(=O)OCC(O)COc2ccccc2)O1. The number of aliphatic hydroxyl groups is 1. The van der Waals surface area contributed by atoms with E-state index in [1.165, 1.54) is 0 Å². The molecule has 1 aromatic carbocycles. The number of hydrogen-bond acceptors (Lipinski definition) is 7. The van der Waals surface area contributed by atoms with Crippen molar-refractivity contribution in [3.8, 4) is 5.75 Å². The molecule has 1 saturated heterocycles. The summed E-state index contributed by atoms with van der Waals surface area (Å²) in [5.74, 6) is -0.148. The maximum Gasteiger partial charge on any atom is 0.509 e. The van der Waals surface area contributed by atoms with Crippen molar-refractivity contribution in [3.63, 3.8) is 0 Å². The fourth-order valence-corrected chi connectivity index (χ4v) is 1.47. The van der Waals surface area contributed by atoms with Gasteiger partial charge in [-0.05, 0) is 12.1 Å². The van der Waals surface area contributed by atoms with Crippen LogP contribution in [0.1, 0.15) is 0 Å². The summed E-state index contributed by atoms with van der Waals surface area (Å²) in [6, 6.07) is 8.94. The van der Waals surface area contributed by atoms with Gasteiger partial charge in [0.15, 0.2) is 0 Å². The summed E-state index contributed by atoms with van der Waals surface area (Å²) >= 11 is 0. The van der Waals surface area contributed by atoms with Gasteiger partial charge in [-0.3, -0.25) is 0 Å². The lowest BCUT2D eigenvalue weighted by molar-refractivity contribution is -0.155. The van der Waals surface area contributed by atoms with Crippen LogP contribution in [0.5, 0.6) is 5.75 Å². The molecule has 20 heavy (non-hydrogen) atoms. The number of carbonyl (C=O) groups is 2. The van der Waals surface area contributed by atoms with E-state index < -0.39 is 24.3 Å². The van der Waals surface area contributed by atoms with Gasteiger partial charge in [0.25, 0.3) is 0 Å². The molecule has 0 saturated carbocycles. The molecule has 108 valence electrons. The van der Waals surface area contributed by atoms with Crippen LogP contribution in [0.3, 0.4) is 0 Å². The Morgan fingerprint density at radius 1 is 1.35 bits per heavy atom. The van der Waals surface area contributed by atoms with E-state index in [-0.39, 0.29) is 19.8 Å². The van der Waals surface area contributed by atoms with Crippen molar-refractivity contribution < 1.29 is 33.6 Å². The molecule has 0 amide bonds. The highest BCUT2D eigenvalue weighted by molar-refractivity contribution is 5.79. The van der Waals surface area contributed by atoms with E-state index in [9.17, 15) is 14.7 Å². The van der Waals surface area contributed by atoms with Gasteiger partial charge in [0.05, 0.1) is 0 Å². The van der Waals surface area contributed by atoms with E-state index in [0.29, 0.717) is 5.75 Å². The van der Waals surface area contributed by atoms with Gasteiger partial charge in [-0.15, -0.1) is 0 Å². The predicted octanol–water partition coefficient (Wildman–Crippen LogP) is 0.505. The van der Waals surface area contributed by atoms with Gasteiger partial charge < -0.3 is 24.1 Å². The van der Waals surface area contributed by atoms with E-state index >= 15 is 0 Å². The first-order chi connectivity index (χ1) is 9.65. The van der Waals surface area contributed by atoms with Crippen molar-refractivity contribution in [3.05, 3.63) is 30.3 Å². The zero-order valence-electron chi connectivity index (χ0n) is 10.6. The molecule has 0 spiro atoms. The van der Waals surface area contributed by atoms with Crippen LogP contribution in [-0.2, 0) is 19.0 Å². The Morgan fingerprint density at radius 3 is 2.75 bits per heavy atom. The molecule has 1 aliphatic rings. The molecule has 1 N–H and O–H groups in total. The summed E-state index contributed by atoms with van der Waals surface area (Å²) < 4.78 is 19.1. The van der Waals surface area contributed by atoms with Crippen LogP contribution in [0.25, 0.3) is 0 Å². The Balaban J connectivity index is 1.66. The topological polar surface area (TPSA) is 91.3 Å². The maximum absolute atomic E-state index is 11.4. The second-order valence-corrected chi connectivity index (χ2v) is 4.08. The van der Waals surface area contributed by atoms with Crippen molar-refractivity contribution >= 4 is 12.1 Å². The Hall–Kier alpha value is -2.28. The number of ether oxygens (including phenoxy) is 4. The molecule has 1 fully saturated rings. The van der Waals surface area contributed by atoms with Crippen molar-refractivity contribution in [2.45, 2.75) is 12.2 Å². The number of hydrogen-bond donors (Lipinski definition) is 1. The van der Waals surface area contributed by atoms with Gasteiger partial charge in [0.2, 0.25) is 6.10 Å². The molecule has 2 unspecified atom stereocenters. The molecular formula is C13H14O7. The highest BCUT2D eigenvalue weighted by atomic mass is 16.8. The average molecular weight is 282 g/mol. The van der Waals surface area contributed by atoms with Crippen molar-refractivity contribution in [2.75, 3.05) is 19.8 Å². The minimum absolute atomic E-state index is 0.0156. The normalized spacial score (nSPS) is 18.9. The number of esters is 1. The summed E-state index contributed by atoms with van der Waals surface area (Å²) in [7, 11) is 0. The van der Waals surface area contributed by atoms with E-state index in [2.05, 4.69) is 9.47 Å². The quantitative estimate of drug-likeness (QED) is 0.760. The van der Waals surface area contributed by atoms with Gasteiger partial charge in [-0.2, -0.15) is 0 Å². The van der Waals surface area contributed by atoms with Crippen LogP contribution >= 0.6 is 0 Å². The van der Waals surface area contributed by atoms with Crippen LogP contribution < -0.4 is 4.74 Å². The minimum atomic E-state index is -1.07. The second-order valence-electron chi connectivity index (χ2n) is 4.08. The number of aliphatic hydroxyl groups excluding tert-OH is 1. The fraction of sp³-hybridized carbons (Fsp3) is 0.385. The number of benzene rings is 1. The number of para-hydroxylation sites is 1. The lowest BCUT2D eigenvalue weighted by Crippen LogP contribution is -2.31. The summed E-state index contributed by atoms with van der Waals surface area (Å²) in [6.07, 6.45) is -2.94. The second kappa shape index (κ2) is 6.76. The van der Waals surface area contributed by atoms with Crippen molar-refractivity contribution in [1.82, 2.24) is 0 Å².